The first-order valence-corrected chi connectivity index (χ1v) is 10.3. The highest BCUT2D eigenvalue weighted by Crippen LogP contribution is 2.71. The van der Waals surface area contributed by atoms with Crippen LogP contribution in [0, 0.1) is 33.5 Å². The predicted molar refractivity (Wildman–Crippen MR) is 99.2 cm³/mol. The van der Waals surface area contributed by atoms with Crippen LogP contribution in [0.2, 0.25) is 0 Å². The Labute approximate surface area is 157 Å². The molecule has 0 heterocycles. The second-order valence-corrected chi connectivity index (χ2v) is 10.5. The first-order valence-electron chi connectivity index (χ1n) is 10.3. The van der Waals surface area contributed by atoms with Crippen molar-refractivity contribution in [1.82, 2.24) is 0 Å². The second-order valence-electron chi connectivity index (χ2n) is 10.5. The molecule has 0 aliphatic heterocycles. The Balaban J connectivity index is 1.78. The van der Waals surface area contributed by atoms with E-state index >= 15 is 0 Å². The number of esters is 1. The molecule has 26 heavy (non-hydrogen) atoms. The fourth-order valence-electron chi connectivity index (χ4n) is 7.66. The zero-order valence-corrected chi connectivity index (χ0v) is 16.6. The third-order valence-electron chi connectivity index (χ3n) is 8.92. The average Bonchev–Trinajstić information content (AvgIpc) is 2.89. The number of aliphatic hydroxyl groups is 2. The maximum atomic E-state index is 11.8. The minimum atomic E-state index is -0.444. The van der Waals surface area contributed by atoms with Gasteiger partial charge in [-0.15, -0.1) is 0 Å². The predicted octanol–water partition coefficient (Wildman–Crippen LogP) is 3.46. The molecule has 4 heteroatoms. The molecule has 3 saturated carbocycles. The highest BCUT2D eigenvalue weighted by atomic mass is 16.5. The summed E-state index contributed by atoms with van der Waals surface area (Å²) < 4.78 is 5.74. The van der Waals surface area contributed by atoms with E-state index in [1.54, 1.807) is 0 Å². The van der Waals surface area contributed by atoms with Crippen LogP contribution in [0.1, 0.15) is 66.2 Å². The van der Waals surface area contributed by atoms with Crippen LogP contribution < -0.4 is 0 Å². The molecule has 4 nitrogen and oxygen atoms in total. The van der Waals surface area contributed by atoms with Gasteiger partial charge >= 0.3 is 5.97 Å². The lowest BCUT2D eigenvalue weighted by Crippen LogP contribution is -2.64. The van der Waals surface area contributed by atoms with Crippen LogP contribution in [0.3, 0.4) is 0 Å². The quantitative estimate of drug-likeness (QED) is 0.583. The highest BCUT2D eigenvalue weighted by molar-refractivity contribution is 5.66. The number of hydrogen-bond donors (Lipinski definition) is 2. The average molecular weight is 363 g/mol. The van der Waals surface area contributed by atoms with Crippen LogP contribution in [0.5, 0.6) is 0 Å². The molecule has 4 rings (SSSR count). The summed E-state index contributed by atoms with van der Waals surface area (Å²) in [6.45, 7) is 8.47. The zero-order valence-electron chi connectivity index (χ0n) is 16.6. The monoisotopic (exact) mass is 362 g/mol. The lowest BCUT2D eigenvalue weighted by Gasteiger charge is -2.66. The molecule has 0 aromatic carbocycles. The maximum absolute atomic E-state index is 11.8. The number of carbonyl (C=O) groups excluding carboxylic acids is 1. The standard InChI is InChI=1S/C22H34O4/c1-14(24)26-18-11-16-20(4)15(19(2,3)7-6-17(20)25)5-8-21(16)9-10-22(18,12-21)13-23/h9-10,15-18,23,25H,5-8,11-13H2,1-4H3/t15-,16+,17+,18-,20-,21+,22-/m1/s1. The van der Waals surface area contributed by atoms with E-state index in [9.17, 15) is 15.0 Å². The summed E-state index contributed by atoms with van der Waals surface area (Å²) in [4.78, 5) is 11.8. The zero-order chi connectivity index (χ0) is 19.0. The van der Waals surface area contributed by atoms with Gasteiger partial charge in [0.2, 0.25) is 0 Å². The van der Waals surface area contributed by atoms with Crippen molar-refractivity contribution in [2.24, 2.45) is 33.5 Å². The molecule has 146 valence electrons. The normalized spacial score (nSPS) is 51.5. The van der Waals surface area contributed by atoms with Crippen molar-refractivity contribution in [2.75, 3.05) is 6.61 Å². The van der Waals surface area contributed by atoms with Gasteiger partial charge in [-0.25, -0.2) is 0 Å². The van der Waals surface area contributed by atoms with E-state index in [1.165, 1.54) is 6.92 Å². The van der Waals surface area contributed by atoms with Gasteiger partial charge < -0.3 is 14.9 Å². The van der Waals surface area contributed by atoms with Gasteiger partial charge in [-0.2, -0.15) is 0 Å². The van der Waals surface area contributed by atoms with Crippen molar-refractivity contribution in [3.8, 4) is 0 Å². The first-order chi connectivity index (χ1) is 12.1. The number of hydrogen-bond acceptors (Lipinski definition) is 4. The number of fused-ring (bicyclic) bond motifs is 3. The van der Waals surface area contributed by atoms with Gasteiger partial charge in [-0.3, -0.25) is 4.79 Å². The Morgan fingerprint density at radius 1 is 1.15 bits per heavy atom. The first kappa shape index (κ1) is 18.5. The van der Waals surface area contributed by atoms with Crippen molar-refractivity contribution in [3.05, 3.63) is 12.2 Å². The van der Waals surface area contributed by atoms with Crippen LogP contribution >= 0.6 is 0 Å². The molecule has 0 radical (unpaired) electrons. The van der Waals surface area contributed by atoms with E-state index in [0.29, 0.717) is 5.92 Å². The van der Waals surface area contributed by atoms with Crippen LogP contribution in [0.15, 0.2) is 12.2 Å². The van der Waals surface area contributed by atoms with Gasteiger partial charge in [-0.05, 0) is 61.2 Å². The van der Waals surface area contributed by atoms with Gasteiger partial charge in [0, 0.05) is 17.8 Å². The summed E-state index contributed by atoms with van der Waals surface area (Å²) in [7, 11) is 0. The third kappa shape index (κ3) is 2.24. The topological polar surface area (TPSA) is 66.8 Å². The molecule has 0 unspecified atom stereocenters. The Hall–Kier alpha value is -0.870. The Kier molecular flexibility index (Phi) is 3.96. The molecular weight excluding hydrogens is 328 g/mol. The number of ether oxygens (including phenoxy) is 1. The van der Waals surface area contributed by atoms with Crippen LogP contribution in [-0.2, 0) is 9.53 Å². The SMILES string of the molecule is CC(=O)O[C@@H]1C[C@@H]2[C@]3(C=C[C@]1(CO)C3)CC[C@@H]1C(C)(C)CC[C@H](O)[C@]12C. The van der Waals surface area contributed by atoms with E-state index in [1.807, 2.05) is 0 Å². The lowest BCUT2D eigenvalue weighted by molar-refractivity contribution is -0.218. The van der Waals surface area contributed by atoms with E-state index in [2.05, 4.69) is 32.9 Å². The van der Waals surface area contributed by atoms with Gasteiger partial charge in [-0.1, -0.05) is 32.9 Å². The highest BCUT2D eigenvalue weighted by Gasteiger charge is 2.68. The minimum absolute atomic E-state index is 0.0180. The molecule has 4 aliphatic carbocycles. The van der Waals surface area contributed by atoms with Crippen molar-refractivity contribution < 1.29 is 19.7 Å². The van der Waals surface area contributed by atoms with E-state index in [0.717, 1.165) is 38.5 Å². The van der Waals surface area contributed by atoms with Crippen molar-refractivity contribution in [2.45, 2.75) is 78.4 Å². The molecule has 2 bridgehead atoms. The molecular formula is C22H34O4. The third-order valence-corrected chi connectivity index (χ3v) is 8.92. The summed E-state index contributed by atoms with van der Waals surface area (Å²) in [5.74, 6) is 0.478. The lowest BCUT2D eigenvalue weighted by atomic mass is 9.39. The Morgan fingerprint density at radius 2 is 1.88 bits per heavy atom. The number of aliphatic hydroxyl groups excluding tert-OH is 2. The van der Waals surface area contributed by atoms with Gasteiger partial charge in [0.1, 0.15) is 6.10 Å². The summed E-state index contributed by atoms with van der Waals surface area (Å²) in [5.41, 5.74) is -0.366. The van der Waals surface area contributed by atoms with Gasteiger partial charge in [0.05, 0.1) is 12.7 Å². The molecule has 0 aromatic heterocycles. The Morgan fingerprint density at radius 3 is 2.54 bits per heavy atom. The molecule has 0 aromatic rings. The van der Waals surface area contributed by atoms with Crippen LogP contribution in [0.25, 0.3) is 0 Å². The van der Waals surface area contributed by atoms with E-state index < -0.39 is 5.41 Å². The van der Waals surface area contributed by atoms with Crippen LogP contribution in [0.4, 0.5) is 0 Å². The van der Waals surface area contributed by atoms with Crippen molar-refractivity contribution in [1.29, 1.82) is 0 Å². The minimum Gasteiger partial charge on any atom is -0.462 e. The fraction of sp³-hybridized carbons (Fsp3) is 0.864. The van der Waals surface area contributed by atoms with Gasteiger partial charge in [0.15, 0.2) is 0 Å². The Bertz CT molecular complexity index is 640. The molecule has 2 N–H and O–H groups in total. The second kappa shape index (κ2) is 5.57. The summed E-state index contributed by atoms with van der Waals surface area (Å²) >= 11 is 0. The molecule has 0 saturated heterocycles. The maximum Gasteiger partial charge on any atom is 0.302 e. The number of allylic oxidation sites excluding steroid dienone is 1. The van der Waals surface area contributed by atoms with E-state index in [-0.39, 0.29) is 46.9 Å². The number of carbonyl (C=O) groups is 1. The fourth-order valence-corrected chi connectivity index (χ4v) is 7.66. The van der Waals surface area contributed by atoms with Crippen molar-refractivity contribution in [3.63, 3.8) is 0 Å². The number of rotatable bonds is 2. The van der Waals surface area contributed by atoms with Crippen LogP contribution in [-0.4, -0.2) is 35.0 Å². The van der Waals surface area contributed by atoms with Gasteiger partial charge in [0.25, 0.3) is 0 Å². The van der Waals surface area contributed by atoms with Crippen molar-refractivity contribution >= 4 is 5.97 Å². The molecule has 4 aliphatic rings. The van der Waals surface area contributed by atoms with E-state index in [4.69, 9.17) is 4.74 Å². The largest absolute Gasteiger partial charge is 0.462 e. The summed E-state index contributed by atoms with van der Waals surface area (Å²) in [6, 6.07) is 0. The molecule has 7 atom stereocenters. The molecule has 3 fully saturated rings. The summed E-state index contributed by atoms with van der Waals surface area (Å²) in [5, 5.41) is 21.3. The smallest absolute Gasteiger partial charge is 0.302 e. The molecule has 1 spiro atoms. The molecule has 0 amide bonds. The summed E-state index contributed by atoms with van der Waals surface area (Å²) in [6.07, 6.45) is 9.57.